The molecule has 1 aliphatic rings. The molecule has 0 atom stereocenters. The van der Waals surface area contributed by atoms with Gasteiger partial charge in [-0.3, -0.25) is 4.79 Å². The molecule has 0 radical (unpaired) electrons. The summed E-state index contributed by atoms with van der Waals surface area (Å²) in [5.74, 6) is -0.493. The van der Waals surface area contributed by atoms with Crippen LogP contribution >= 0.6 is 0 Å². The lowest BCUT2D eigenvalue weighted by molar-refractivity contribution is 0.0533. The molecule has 6 heteroatoms. The molecule has 1 aromatic heterocycles. The van der Waals surface area contributed by atoms with Gasteiger partial charge in [-0.05, 0) is 11.1 Å². The zero-order valence-corrected chi connectivity index (χ0v) is 15.7. The predicted molar refractivity (Wildman–Crippen MR) is 105 cm³/mol. The summed E-state index contributed by atoms with van der Waals surface area (Å²) in [6, 6.07) is 19.2. The number of benzene rings is 2. The smallest absolute Gasteiger partial charge is 0.340 e. The number of hydrogen-bond donors (Lipinski definition) is 0. The quantitative estimate of drug-likeness (QED) is 0.432. The highest BCUT2D eigenvalue weighted by Crippen LogP contribution is 2.32. The maximum Gasteiger partial charge on any atom is 0.340 e. The third kappa shape index (κ3) is 4.33. The first-order chi connectivity index (χ1) is 14.2. The lowest BCUT2D eigenvalue weighted by Crippen LogP contribution is -2.15. The number of aromatic nitrogens is 1. The van der Waals surface area contributed by atoms with Gasteiger partial charge in [-0.25, -0.2) is 9.78 Å². The Kier molecular flexibility index (Phi) is 5.63. The Hall–Kier alpha value is -3.51. The lowest BCUT2D eigenvalue weighted by Gasteiger charge is -2.13. The minimum Gasteiger partial charge on any atom is -0.486 e. The third-order valence-corrected chi connectivity index (χ3v) is 4.54. The Morgan fingerprint density at radius 3 is 2.31 bits per heavy atom. The van der Waals surface area contributed by atoms with E-state index in [1.54, 1.807) is 0 Å². The van der Waals surface area contributed by atoms with Crippen molar-refractivity contribution in [3.8, 4) is 5.75 Å². The van der Waals surface area contributed by atoms with Gasteiger partial charge in [-0.15, -0.1) is 0 Å². The van der Waals surface area contributed by atoms with Crippen molar-refractivity contribution in [3.05, 3.63) is 94.8 Å². The number of nitrogens with zero attached hydrogens (tertiary/aromatic N) is 1. The summed E-state index contributed by atoms with van der Waals surface area (Å²) in [7, 11) is 0. The first-order valence-corrected chi connectivity index (χ1v) is 9.23. The molecular formula is C23H19NO5. The number of Topliss-reactive ketones (excluding diaryl/α,β-unsaturated/α-hetero) is 1. The molecule has 0 saturated carbocycles. The standard InChI is InChI=1S/C23H19NO5/c25-20(15-27-12-16-7-3-1-4-8-16)21-22(28-13-17-9-5-2-6-10-17)19-14-29-23(26)18(19)11-24-21/h1-11H,12-15H2. The van der Waals surface area contributed by atoms with Gasteiger partial charge in [0.25, 0.3) is 0 Å². The fourth-order valence-corrected chi connectivity index (χ4v) is 3.05. The van der Waals surface area contributed by atoms with Crippen LogP contribution in [-0.4, -0.2) is 23.3 Å². The van der Waals surface area contributed by atoms with Gasteiger partial charge in [-0.1, -0.05) is 60.7 Å². The van der Waals surface area contributed by atoms with E-state index in [2.05, 4.69) is 4.98 Å². The number of cyclic esters (lactones) is 1. The molecule has 0 spiro atoms. The Balaban J connectivity index is 1.52. The van der Waals surface area contributed by atoms with Gasteiger partial charge in [0.1, 0.15) is 19.8 Å². The monoisotopic (exact) mass is 389 g/mol. The van der Waals surface area contributed by atoms with Crippen LogP contribution in [0.5, 0.6) is 5.75 Å². The molecule has 0 N–H and O–H groups in total. The number of ketones is 1. The van der Waals surface area contributed by atoms with Gasteiger partial charge in [0, 0.05) is 6.20 Å². The van der Waals surface area contributed by atoms with E-state index in [9.17, 15) is 9.59 Å². The van der Waals surface area contributed by atoms with Crippen LogP contribution in [0.4, 0.5) is 0 Å². The van der Waals surface area contributed by atoms with Gasteiger partial charge >= 0.3 is 5.97 Å². The van der Waals surface area contributed by atoms with Crippen LogP contribution in [0.3, 0.4) is 0 Å². The molecule has 0 amide bonds. The van der Waals surface area contributed by atoms with Crippen molar-refractivity contribution in [2.75, 3.05) is 6.61 Å². The summed E-state index contributed by atoms with van der Waals surface area (Å²) >= 11 is 0. The molecule has 2 aromatic carbocycles. The van der Waals surface area contributed by atoms with Crippen LogP contribution in [0.15, 0.2) is 66.9 Å². The maximum absolute atomic E-state index is 12.8. The van der Waals surface area contributed by atoms with Crippen LogP contribution in [0, 0.1) is 0 Å². The number of ether oxygens (including phenoxy) is 3. The normalized spacial score (nSPS) is 12.3. The second-order valence-electron chi connectivity index (χ2n) is 6.58. The molecule has 0 fully saturated rings. The summed E-state index contributed by atoms with van der Waals surface area (Å²) in [6.07, 6.45) is 1.37. The maximum atomic E-state index is 12.8. The number of fused-ring (bicyclic) bond motifs is 1. The van der Waals surface area contributed by atoms with E-state index in [4.69, 9.17) is 14.2 Å². The Bertz CT molecular complexity index is 1020. The average molecular weight is 389 g/mol. The Morgan fingerprint density at radius 2 is 1.62 bits per heavy atom. The van der Waals surface area contributed by atoms with E-state index >= 15 is 0 Å². The highest BCUT2D eigenvalue weighted by atomic mass is 16.5. The van der Waals surface area contributed by atoms with Crippen molar-refractivity contribution in [3.63, 3.8) is 0 Å². The molecule has 1 aliphatic heterocycles. The number of hydrogen-bond acceptors (Lipinski definition) is 6. The number of pyridine rings is 1. The zero-order chi connectivity index (χ0) is 20.1. The van der Waals surface area contributed by atoms with Crippen molar-refractivity contribution in [1.29, 1.82) is 0 Å². The summed E-state index contributed by atoms with van der Waals surface area (Å²) < 4.78 is 16.6. The molecule has 4 rings (SSSR count). The van der Waals surface area contributed by atoms with Crippen LogP contribution in [-0.2, 0) is 29.3 Å². The van der Waals surface area contributed by atoms with Gasteiger partial charge < -0.3 is 14.2 Å². The van der Waals surface area contributed by atoms with Gasteiger partial charge in [0.2, 0.25) is 5.78 Å². The first-order valence-electron chi connectivity index (χ1n) is 9.23. The van der Waals surface area contributed by atoms with E-state index in [1.165, 1.54) is 6.20 Å². The highest BCUT2D eigenvalue weighted by Gasteiger charge is 2.30. The summed E-state index contributed by atoms with van der Waals surface area (Å²) in [6.45, 7) is 0.487. The number of esters is 1. The zero-order valence-electron chi connectivity index (χ0n) is 15.7. The Labute approximate surface area is 168 Å². The average Bonchev–Trinajstić information content (AvgIpc) is 3.14. The molecule has 0 saturated heterocycles. The fourth-order valence-electron chi connectivity index (χ4n) is 3.05. The first kappa shape index (κ1) is 18.8. The second-order valence-corrected chi connectivity index (χ2v) is 6.58. The molecule has 0 bridgehead atoms. The fraction of sp³-hybridized carbons (Fsp3) is 0.174. The molecule has 146 valence electrons. The summed E-state index contributed by atoms with van der Waals surface area (Å²) in [4.78, 5) is 28.8. The van der Waals surface area contributed by atoms with Crippen molar-refractivity contribution in [2.45, 2.75) is 19.8 Å². The van der Waals surface area contributed by atoms with Crippen molar-refractivity contribution >= 4 is 11.8 Å². The minimum absolute atomic E-state index is 0.0615. The highest BCUT2D eigenvalue weighted by molar-refractivity contribution is 6.01. The molecule has 29 heavy (non-hydrogen) atoms. The molecule has 6 nitrogen and oxygen atoms in total. The molecule has 2 heterocycles. The minimum atomic E-state index is -0.462. The molecular weight excluding hydrogens is 370 g/mol. The second kappa shape index (κ2) is 8.67. The number of carbonyl (C=O) groups excluding carboxylic acids is 2. The number of carbonyl (C=O) groups is 2. The van der Waals surface area contributed by atoms with E-state index in [1.807, 2.05) is 60.7 Å². The largest absolute Gasteiger partial charge is 0.486 e. The van der Waals surface area contributed by atoms with E-state index < -0.39 is 5.97 Å². The van der Waals surface area contributed by atoms with Crippen LogP contribution < -0.4 is 4.74 Å². The molecule has 0 aliphatic carbocycles. The van der Waals surface area contributed by atoms with Crippen LogP contribution in [0.2, 0.25) is 0 Å². The van der Waals surface area contributed by atoms with E-state index in [0.717, 1.165) is 11.1 Å². The number of rotatable bonds is 8. The van der Waals surface area contributed by atoms with E-state index in [0.29, 0.717) is 17.7 Å². The van der Waals surface area contributed by atoms with E-state index in [-0.39, 0.29) is 37.0 Å². The molecule has 3 aromatic rings. The Morgan fingerprint density at radius 1 is 0.966 bits per heavy atom. The van der Waals surface area contributed by atoms with Crippen molar-refractivity contribution < 1.29 is 23.8 Å². The van der Waals surface area contributed by atoms with Gasteiger partial charge in [-0.2, -0.15) is 0 Å². The third-order valence-electron chi connectivity index (χ3n) is 4.54. The summed E-state index contributed by atoms with van der Waals surface area (Å²) in [5.41, 5.74) is 2.93. The van der Waals surface area contributed by atoms with Crippen molar-refractivity contribution in [2.24, 2.45) is 0 Å². The predicted octanol–water partition coefficient (Wildman–Crippen LogP) is 3.73. The van der Waals surface area contributed by atoms with Crippen molar-refractivity contribution in [1.82, 2.24) is 4.98 Å². The van der Waals surface area contributed by atoms with Gasteiger partial charge in [0.05, 0.1) is 17.7 Å². The topological polar surface area (TPSA) is 74.7 Å². The molecule has 0 unspecified atom stereocenters. The summed E-state index contributed by atoms with van der Waals surface area (Å²) in [5, 5.41) is 0. The van der Waals surface area contributed by atoms with Gasteiger partial charge in [0.15, 0.2) is 11.4 Å². The van der Waals surface area contributed by atoms with Crippen LogP contribution in [0.1, 0.15) is 37.5 Å². The SMILES string of the molecule is O=C1OCc2c1cnc(C(=O)COCc1ccccc1)c2OCc1ccccc1. The lowest BCUT2D eigenvalue weighted by atomic mass is 10.1. The van der Waals surface area contributed by atoms with Crippen LogP contribution in [0.25, 0.3) is 0 Å².